The van der Waals surface area contributed by atoms with Gasteiger partial charge in [0, 0.05) is 43.0 Å². The van der Waals surface area contributed by atoms with E-state index in [9.17, 15) is 0 Å². The summed E-state index contributed by atoms with van der Waals surface area (Å²) in [5.74, 6) is 1.34. The molecule has 1 aromatic carbocycles. The highest BCUT2D eigenvalue weighted by molar-refractivity contribution is 6.30. The smallest absolute Gasteiger partial charge is 0.180 e. The molecule has 6 heteroatoms. The van der Waals surface area contributed by atoms with Crippen LogP contribution in [-0.4, -0.2) is 48.1 Å². The van der Waals surface area contributed by atoms with E-state index in [-0.39, 0.29) is 6.29 Å². The number of halogens is 1. The molecule has 4 N–H and O–H groups in total. The van der Waals surface area contributed by atoms with Gasteiger partial charge < -0.3 is 16.4 Å². The molecule has 3 aliphatic rings. The zero-order chi connectivity index (χ0) is 19.2. The number of nitrogens with zero attached hydrogens (tertiary/aromatic N) is 3. The van der Waals surface area contributed by atoms with Crippen LogP contribution in [0.1, 0.15) is 38.2 Å². The molecule has 2 fully saturated rings. The molecule has 1 aromatic rings. The SMILES string of the molecule is C[C@H]1C[C@@H](N)C2(CCN(C3N=C(N)C(c4ccc(Cl)cc4)=CN3C)CC2)C1. The van der Waals surface area contributed by atoms with Gasteiger partial charge in [0.2, 0.25) is 0 Å². The molecule has 3 atom stereocenters. The highest BCUT2D eigenvalue weighted by Gasteiger charge is 2.46. The molecule has 2 heterocycles. The summed E-state index contributed by atoms with van der Waals surface area (Å²) in [5, 5.41) is 0.721. The first-order valence-electron chi connectivity index (χ1n) is 9.91. The summed E-state index contributed by atoms with van der Waals surface area (Å²) in [6, 6.07) is 8.08. The van der Waals surface area contributed by atoms with Crippen LogP contribution in [0, 0.1) is 11.3 Å². The third-order valence-corrected chi connectivity index (χ3v) is 6.95. The van der Waals surface area contributed by atoms with Gasteiger partial charge in [-0.1, -0.05) is 30.7 Å². The highest BCUT2D eigenvalue weighted by atomic mass is 35.5. The van der Waals surface area contributed by atoms with Crippen molar-refractivity contribution in [2.45, 2.75) is 44.9 Å². The Kier molecular flexibility index (Phi) is 4.95. The number of rotatable bonds is 2. The van der Waals surface area contributed by atoms with Crippen molar-refractivity contribution in [2.24, 2.45) is 27.8 Å². The van der Waals surface area contributed by atoms with Gasteiger partial charge in [0.25, 0.3) is 0 Å². The predicted molar refractivity (Wildman–Crippen MR) is 112 cm³/mol. The Morgan fingerprint density at radius 1 is 1.19 bits per heavy atom. The first-order valence-corrected chi connectivity index (χ1v) is 10.3. The van der Waals surface area contributed by atoms with Crippen LogP contribution < -0.4 is 11.5 Å². The highest BCUT2D eigenvalue weighted by Crippen LogP contribution is 2.48. The van der Waals surface area contributed by atoms with Gasteiger partial charge in [-0.25, -0.2) is 4.99 Å². The molecule has 0 amide bonds. The average Bonchev–Trinajstić information content (AvgIpc) is 2.91. The number of hydrogen-bond acceptors (Lipinski definition) is 5. The molecular weight excluding hydrogens is 358 g/mol. The van der Waals surface area contributed by atoms with Crippen LogP contribution in [0.2, 0.25) is 5.02 Å². The van der Waals surface area contributed by atoms with Crippen LogP contribution in [-0.2, 0) is 0 Å². The Hall–Kier alpha value is -1.56. The molecule has 27 heavy (non-hydrogen) atoms. The number of benzene rings is 1. The van der Waals surface area contributed by atoms with Gasteiger partial charge in [-0.2, -0.15) is 0 Å². The van der Waals surface area contributed by atoms with Gasteiger partial charge in [-0.15, -0.1) is 0 Å². The van der Waals surface area contributed by atoms with Gasteiger partial charge in [0.1, 0.15) is 5.84 Å². The number of nitrogens with two attached hydrogens (primary N) is 2. The molecule has 0 bridgehead atoms. The van der Waals surface area contributed by atoms with Crippen LogP contribution in [0.4, 0.5) is 0 Å². The minimum atomic E-state index is -0.0338. The molecule has 1 saturated carbocycles. The molecule has 1 unspecified atom stereocenters. The second kappa shape index (κ2) is 7.12. The van der Waals surface area contributed by atoms with Crippen molar-refractivity contribution < 1.29 is 0 Å². The van der Waals surface area contributed by atoms with Gasteiger partial charge in [0.15, 0.2) is 6.29 Å². The molecule has 0 radical (unpaired) electrons. The van der Waals surface area contributed by atoms with Crippen LogP contribution >= 0.6 is 11.6 Å². The number of piperidine rings is 1. The Labute approximate surface area is 167 Å². The summed E-state index contributed by atoms with van der Waals surface area (Å²) in [6.07, 6.45) is 6.83. The van der Waals surface area contributed by atoms with E-state index in [1.54, 1.807) is 0 Å². The summed E-state index contributed by atoms with van der Waals surface area (Å²) in [7, 11) is 2.07. The van der Waals surface area contributed by atoms with E-state index in [4.69, 9.17) is 28.1 Å². The van der Waals surface area contributed by atoms with Crippen molar-refractivity contribution in [3.63, 3.8) is 0 Å². The fourth-order valence-electron chi connectivity index (χ4n) is 5.20. The van der Waals surface area contributed by atoms with Crippen molar-refractivity contribution in [3.8, 4) is 0 Å². The summed E-state index contributed by atoms with van der Waals surface area (Å²) >= 11 is 6.00. The largest absolute Gasteiger partial charge is 0.383 e. The number of hydrogen-bond donors (Lipinski definition) is 2. The third kappa shape index (κ3) is 3.48. The van der Waals surface area contributed by atoms with Crippen LogP contribution in [0.3, 0.4) is 0 Å². The fourth-order valence-corrected chi connectivity index (χ4v) is 5.33. The summed E-state index contributed by atoms with van der Waals surface area (Å²) in [5.41, 5.74) is 15.2. The van der Waals surface area contributed by atoms with Crippen molar-refractivity contribution in [1.82, 2.24) is 9.80 Å². The molecule has 0 aromatic heterocycles. The van der Waals surface area contributed by atoms with E-state index >= 15 is 0 Å². The Morgan fingerprint density at radius 2 is 1.85 bits per heavy atom. The first-order chi connectivity index (χ1) is 12.9. The Morgan fingerprint density at radius 3 is 2.44 bits per heavy atom. The zero-order valence-corrected chi connectivity index (χ0v) is 17.0. The minimum absolute atomic E-state index is 0.0338. The Bertz CT molecular complexity index is 748. The predicted octanol–water partition coefficient (Wildman–Crippen LogP) is 3.11. The topological polar surface area (TPSA) is 70.9 Å². The maximum atomic E-state index is 6.51. The van der Waals surface area contributed by atoms with Crippen molar-refractivity contribution in [1.29, 1.82) is 0 Å². The average molecular weight is 388 g/mol. The zero-order valence-electron chi connectivity index (χ0n) is 16.2. The van der Waals surface area contributed by atoms with Gasteiger partial charge in [-0.3, -0.25) is 4.90 Å². The number of aliphatic imine (C=N–C) groups is 1. The fraction of sp³-hybridized carbons (Fsp3) is 0.571. The lowest BCUT2D eigenvalue weighted by molar-refractivity contribution is 0.0233. The second-order valence-corrected chi connectivity index (χ2v) is 9.06. The van der Waals surface area contributed by atoms with Gasteiger partial charge in [-0.05, 0) is 54.7 Å². The lowest BCUT2D eigenvalue weighted by atomic mass is 9.74. The Balaban J connectivity index is 1.46. The van der Waals surface area contributed by atoms with E-state index in [1.807, 2.05) is 24.3 Å². The van der Waals surface area contributed by atoms with Crippen LogP contribution in [0.5, 0.6) is 0 Å². The maximum absolute atomic E-state index is 6.51. The second-order valence-electron chi connectivity index (χ2n) is 8.63. The third-order valence-electron chi connectivity index (χ3n) is 6.70. The summed E-state index contributed by atoms with van der Waals surface area (Å²) < 4.78 is 0. The van der Waals surface area contributed by atoms with E-state index in [0.717, 1.165) is 48.0 Å². The quantitative estimate of drug-likeness (QED) is 0.817. The van der Waals surface area contributed by atoms with Crippen LogP contribution in [0.25, 0.3) is 5.57 Å². The molecule has 5 nitrogen and oxygen atoms in total. The number of amidine groups is 1. The van der Waals surface area contributed by atoms with Gasteiger partial charge >= 0.3 is 0 Å². The molecule has 1 spiro atoms. The molecular formula is C21H30ClN5. The lowest BCUT2D eigenvalue weighted by Gasteiger charge is -2.46. The molecule has 2 aliphatic heterocycles. The first kappa shape index (κ1) is 18.8. The standard InChI is InChI=1S/C21H30ClN5/c1-14-11-18(23)21(12-14)7-9-27(10-8-21)20-25-19(24)17(13-26(20)2)15-3-5-16(22)6-4-15/h3-6,13-14,18,20H,7-12,23H2,1-2H3,(H2,24,25)/t14-,18+,20?/m0/s1. The molecule has 1 aliphatic carbocycles. The minimum Gasteiger partial charge on any atom is -0.383 e. The van der Waals surface area contributed by atoms with E-state index < -0.39 is 0 Å². The van der Waals surface area contributed by atoms with Crippen molar-refractivity contribution in [2.75, 3.05) is 20.1 Å². The molecule has 4 rings (SSSR count). The number of likely N-dealkylation sites (tertiary alicyclic amines) is 1. The van der Waals surface area contributed by atoms with Crippen molar-refractivity contribution >= 4 is 23.0 Å². The van der Waals surface area contributed by atoms with Crippen molar-refractivity contribution in [3.05, 3.63) is 41.1 Å². The normalized spacial score (nSPS) is 31.1. The van der Waals surface area contributed by atoms with Crippen LogP contribution in [0.15, 0.2) is 35.5 Å². The van der Waals surface area contributed by atoms with Gasteiger partial charge in [0.05, 0.1) is 0 Å². The van der Waals surface area contributed by atoms with E-state index in [1.165, 1.54) is 12.8 Å². The summed E-state index contributed by atoms with van der Waals surface area (Å²) in [4.78, 5) is 9.43. The molecule has 146 valence electrons. The monoisotopic (exact) mass is 387 g/mol. The van der Waals surface area contributed by atoms with E-state index in [0.29, 0.717) is 17.3 Å². The van der Waals surface area contributed by atoms with E-state index in [2.05, 4.69) is 30.0 Å². The maximum Gasteiger partial charge on any atom is 0.180 e. The lowest BCUT2D eigenvalue weighted by Crippen LogP contribution is -2.53. The molecule has 1 saturated heterocycles. The summed E-state index contributed by atoms with van der Waals surface area (Å²) in [6.45, 7) is 4.39.